The van der Waals surface area contributed by atoms with Gasteiger partial charge in [0.25, 0.3) is 0 Å². The van der Waals surface area contributed by atoms with Gasteiger partial charge in [0.1, 0.15) is 5.75 Å². The predicted molar refractivity (Wildman–Crippen MR) is 54.6 cm³/mol. The van der Waals surface area contributed by atoms with Crippen LogP contribution in [0.2, 0.25) is 0 Å². The third kappa shape index (κ3) is 2.02. The van der Waals surface area contributed by atoms with E-state index in [1.54, 1.807) is 6.07 Å². The van der Waals surface area contributed by atoms with Crippen LogP contribution in [0.4, 0.5) is 0 Å². The van der Waals surface area contributed by atoms with Gasteiger partial charge in [-0.3, -0.25) is 0 Å². The topological polar surface area (TPSA) is 44.0 Å². The lowest BCUT2D eigenvalue weighted by Crippen LogP contribution is -1.93. The number of phenolic OH excluding ortho intramolecular Hbond substituents is 1. The van der Waals surface area contributed by atoms with Crippen molar-refractivity contribution in [3.63, 3.8) is 0 Å². The molecule has 1 aromatic rings. The number of rotatable bonds is 1. The molecule has 13 heavy (non-hydrogen) atoms. The first-order chi connectivity index (χ1) is 6.06. The fraction of sp³-hybridized carbons (Fsp3) is 0.300. The van der Waals surface area contributed by atoms with Gasteiger partial charge in [0.15, 0.2) is 0 Å². The second-order valence-electron chi connectivity index (χ2n) is 3.01. The molecule has 0 aliphatic rings. The van der Waals surface area contributed by atoms with Gasteiger partial charge in [0, 0.05) is 0 Å². The highest BCUT2D eigenvalue weighted by molar-refractivity contribution is 9.10. The monoisotopic (exact) mass is 239 g/mol. The molecule has 2 nitrogen and oxygen atoms in total. The maximum atomic E-state index is 9.41. The average Bonchev–Trinajstić information content (AvgIpc) is 2.10. The molecule has 1 aromatic carbocycles. The summed E-state index contributed by atoms with van der Waals surface area (Å²) >= 11 is 3.22. The van der Waals surface area contributed by atoms with E-state index < -0.39 is 0 Å². The quantitative estimate of drug-likeness (QED) is 0.819. The van der Waals surface area contributed by atoms with Crippen molar-refractivity contribution >= 4 is 15.9 Å². The molecule has 0 amide bonds. The smallest absolute Gasteiger partial charge is 0.130 e. The molecule has 0 aliphatic carbocycles. The first-order valence-corrected chi connectivity index (χ1v) is 4.74. The number of hydrogen-bond donors (Lipinski definition) is 1. The van der Waals surface area contributed by atoms with Gasteiger partial charge in [-0.25, -0.2) is 0 Å². The molecule has 68 valence electrons. The molecule has 1 rings (SSSR count). The molecule has 1 N–H and O–H groups in total. The van der Waals surface area contributed by atoms with Crippen molar-refractivity contribution in [2.24, 2.45) is 0 Å². The lowest BCUT2D eigenvalue weighted by molar-refractivity contribution is 0.470. The Balaban J connectivity index is 3.25. The van der Waals surface area contributed by atoms with E-state index in [1.807, 2.05) is 19.9 Å². The van der Waals surface area contributed by atoms with Gasteiger partial charge in [-0.2, -0.15) is 5.26 Å². The molecule has 1 unspecified atom stereocenters. The maximum absolute atomic E-state index is 9.41. The average molecular weight is 240 g/mol. The molecule has 0 heterocycles. The number of nitrogens with zero attached hydrogens (tertiary/aromatic N) is 1. The van der Waals surface area contributed by atoms with Crippen LogP contribution in [0.15, 0.2) is 16.6 Å². The van der Waals surface area contributed by atoms with Gasteiger partial charge in [-0.15, -0.1) is 0 Å². The van der Waals surface area contributed by atoms with E-state index in [2.05, 4.69) is 22.0 Å². The van der Waals surface area contributed by atoms with Crippen LogP contribution in [0.1, 0.15) is 24.0 Å². The van der Waals surface area contributed by atoms with Crippen LogP contribution in [0.5, 0.6) is 5.75 Å². The highest BCUT2D eigenvalue weighted by atomic mass is 79.9. The molecule has 0 aromatic heterocycles. The second kappa shape index (κ2) is 3.80. The van der Waals surface area contributed by atoms with Crippen molar-refractivity contribution in [3.8, 4) is 11.8 Å². The van der Waals surface area contributed by atoms with Crippen LogP contribution >= 0.6 is 15.9 Å². The third-order valence-electron chi connectivity index (χ3n) is 2.00. The fourth-order valence-electron chi connectivity index (χ4n) is 1.21. The van der Waals surface area contributed by atoms with Crippen LogP contribution in [0.3, 0.4) is 0 Å². The lowest BCUT2D eigenvalue weighted by atomic mass is 9.97. The molecule has 0 fully saturated rings. The Morgan fingerprint density at radius 1 is 1.54 bits per heavy atom. The zero-order valence-electron chi connectivity index (χ0n) is 7.50. The summed E-state index contributed by atoms with van der Waals surface area (Å²) in [4.78, 5) is 0. The van der Waals surface area contributed by atoms with Crippen LogP contribution in [-0.2, 0) is 0 Å². The summed E-state index contributed by atoms with van der Waals surface area (Å²) in [7, 11) is 0. The first kappa shape index (κ1) is 10.1. The molecular weight excluding hydrogens is 230 g/mol. The molecule has 0 spiro atoms. The van der Waals surface area contributed by atoms with Gasteiger partial charge >= 0.3 is 0 Å². The van der Waals surface area contributed by atoms with Crippen LogP contribution in [0.25, 0.3) is 0 Å². The van der Waals surface area contributed by atoms with Crippen molar-refractivity contribution in [1.29, 1.82) is 5.26 Å². The van der Waals surface area contributed by atoms with E-state index in [1.165, 1.54) is 0 Å². The van der Waals surface area contributed by atoms with Crippen LogP contribution < -0.4 is 0 Å². The molecule has 0 saturated heterocycles. The number of aromatic hydroxyl groups is 1. The fourth-order valence-corrected chi connectivity index (χ4v) is 1.67. The maximum Gasteiger partial charge on any atom is 0.130 e. The Hall–Kier alpha value is -1.01. The molecular formula is C10H10BrNO. The zero-order valence-corrected chi connectivity index (χ0v) is 9.09. The summed E-state index contributed by atoms with van der Waals surface area (Å²) < 4.78 is 0.666. The number of hydrogen-bond acceptors (Lipinski definition) is 2. The van der Waals surface area contributed by atoms with Crippen LogP contribution in [-0.4, -0.2) is 5.11 Å². The largest absolute Gasteiger partial charge is 0.507 e. The normalized spacial score (nSPS) is 12.2. The van der Waals surface area contributed by atoms with Crippen molar-refractivity contribution in [2.45, 2.75) is 19.8 Å². The van der Waals surface area contributed by atoms with Gasteiger partial charge in [-0.1, -0.05) is 0 Å². The Labute approximate surface area is 85.9 Å². The Kier molecular flexibility index (Phi) is 2.94. The van der Waals surface area contributed by atoms with E-state index in [0.29, 0.717) is 4.47 Å². The van der Waals surface area contributed by atoms with E-state index in [4.69, 9.17) is 5.26 Å². The molecule has 0 saturated carbocycles. The lowest BCUT2D eigenvalue weighted by Gasteiger charge is -2.09. The molecule has 3 heteroatoms. The number of halogens is 1. The van der Waals surface area contributed by atoms with E-state index in [-0.39, 0.29) is 11.7 Å². The second-order valence-corrected chi connectivity index (χ2v) is 3.87. The summed E-state index contributed by atoms with van der Waals surface area (Å²) in [6.45, 7) is 3.74. The van der Waals surface area contributed by atoms with Crippen LogP contribution in [0, 0.1) is 18.3 Å². The third-order valence-corrected chi connectivity index (χ3v) is 2.63. The molecule has 0 bridgehead atoms. The van der Waals surface area contributed by atoms with Crippen molar-refractivity contribution in [3.05, 3.63) is 27.7 Å². The van der Waals surface area contributed by atoms with Gasteiger partial charge in [-0.05, 0) is 53.0 Å². The van der Waals surface area contributed by atoms with E-state index in [9.17, 15) is 5.11 Å². The zero-order chi connectivity index (χ0) is 10.0. The minimum Gasteiger partial charge on any atom is -0.507 e. The molecule has 0 radical (unpaired) electrons. The van der Waals surface area contributed by atoms with E-state index >= 15 is 0 Å². The predicted octanol–water partition coefficient (Wildman–Crippen LogP) is 3.09. The van der Waals surface area contributed by atoms with Crippen molar-refractivity contribution in [2.75, 3.05) is 0 Å². The van der Waals surface area contributed by atoms with Gasteiger partial charge in [0.05, 0.1) is 16.5 Å². The standard InChI is InChI=1S/C10H10BrNO/c1-6-3-9(11)10(13)4-8(6)7(2)5-12/h3-4,7,13H,1-2H3. The number of nitriles is 1. The summed E-state index contributed by atoms with van der Waals surface area (Å²) in [5.41, 5.74) is 1.89. The van der Waals surface area contributed by atoms with Crippen molar-refractivity contribution in [1.82, 2.24) is 0 Å². The van der Waals surface area contributed by atoms with Crippen molar-refractivity contribution < 1.29 is 5.11 Å². The number of benzene rings is 1. The summed E-state index contributed by atoms with van der Waals surface area (Å²) in [5, 5.41) is 18.1. The minimum atomic E-state index is -0.181. The summed E-state index contributed by atoms with van der Waals surface area (Å²) in [6, 6.07) is 5.59. The Bertz CT molecular complexity index is 368. The minimum absolute atomic E-state index is 0.181. The SMILES string of the molecule is Cc1cc(Br)c(O)cc1C(C)C#N. The molecule has 1 atom stereocenters. The Morgan fingerprint density at radius 3 is 2.69 bits per heavy atom. The number of phenols is 1. The van der Waals surface area contributed by atoms with E-state index in [0.717, 1.165) is 11.1 Å². The summed E-state index contributed by atoms with van der Waals surface area (Å²) in [6.07, 6.45) is 0. The van der Waals surface area contributed by atoms with Gasteiger partial charge in [0.2, 0.25) is 0 Å². The van der Waals surface area contributed by atoms with Gasteiger partial charge < -0.3 is 5.11 Å². The first-order valence-electron chi connectivity index (χ1n) is 3.95. The molecule has 0 aliphatic heterocycles. The summed E-state index contributed by atoms with van der Waals surface area (Å²) in [5.74, 6) is 0.00157. The number of aryl methyl sites for hydroxylation is 1. The Morgan fingerprint density at radius 2 is 2.15 bits per heavy atom. The highest BCUT2D eigenvalue weighted by Crippen LogP contribution is 2.30. The highest BCUT2D eigenvalue weighted by Gasteiger charge is 2.10.